The summed E-state index contributed by atoms with van der Waals surface area (Å²) in [6, 6.07) is 10.6. The quantitative estimate of drug-likeness (QED) is 0.762. The first kappa shape index (κ1) is 23.7. The van der Waals surface area contributed by atoms with E-state index in [9.17, 15) is 14.0 Å². The van der Waals surface area contributed by atoms with E-state index in [4.69, 9.17) is 9.47 Å². The summed E-state index contributed by atoms with van der Waals surface area (Å²) in [7, 11) is 3.35. The third-order valence-corrected chi connectivity index (χ3v) is 5.60. The van der Waals surface area contributed by atoms with Crippen LogP contribution in [0.5, 0.6) is 5.75 Å². The molecule has 0 spiro atoms. The molecule has 2 amide bonds. The number of benzene rings is 2. The maximum absolute atomic E-state index is 14.0. The standard InChI is InChI=1S/C24H30FN3O4/c1-15-12-26-16(2)14-32-21-10-9-17(27-23(29)18-7-5-6-8-20(18)25)11-19(21)24(30)28(3)13-22(15)31-4/h5-11,15-16,22,26H,12-14H2,1-4H3,(H,27,29)/t15-,16-,22+/m0/s1. The molecule has 2 aromatic carbocycles. The molecule has 172 valence electrons. The number of carbonyl (C=O) groups excluding carboxylic acids is 2. The normalized spacial score (nSPS) is 22.2. The zero-order chi connectivity index (χ0) is 23.3. The van der Waals surface area contributed by atoms with Gasteiger partial charge in [0.25, 0.3) is 11.8 Å². The Morgan fingerprint density at radius 1 is 1.25 bits per heavy atom. The van der Waals surface area contributed by atoms with Crippen molar-refractivity contribution in [1.29, 1.82) is 0 Å². The zero-order valence-electron chi connectivity index (χ0n) is 18.9. The van der Waals surface area contributed by atoms with Crippen molar-refractivity contribution in [2.75, 3.05) is 39.2 Å². The fourth-order valence-electron chi connectivity index (χ4n) is 3.58. The maximum atomic E-state index is 14.0. The Hall–Kier alpha value is -2.97. The summed E-state index contributed by atoms with van der Waals surface area (Å²) < 4.78 is 25.5. The molecule has 1 heterocycles. The summed E-state index contributed by atoms with van der Waals surface area (Å²) in [5.74, 6) is -0.858. The SMILES string of the molecule is CO[C@@H]1CN(C)C(=O)c2cc(NC(=O)c3ccccc3F)ccc2OC[C@H](C)NC[C@@H]1C. The molecule has 2 N–H and O–H groups in total. The van der Waals surface area contributed by atoms with Crippen LogP contribution in [0.2, 0.25) is 0 Å². The lowest BCUT2D eigenvalue weighted by molar-refractivity contribution is 0.0281. The number of likely N-dealkylation sites (N-methyl/N-ethyl adjacent to an activating group) is 1. The number of ether oxygens (including phenoxy) is 2. The smallest absolute Gasteiger partial charge is 0.258 e. The van der Waals surface area contributed by atoms with Gasteiger partial charge in [0, 0.05) is 39.0 Å². The van der Waals surface area contributed by atoms with Gasteiger partial charge in [-0.05, 0) is 43.2 Å². The Balaban J connectivity index is 1.90. The Morgan fingerprint density at radius 2 is 2.00 bits per heavy atom. The number of methoxy groups -OCH3 is 1. The van der Waals surface area contributed by atoms with Crippen molar-refractivity contribution in [3.05, 3.63) is 59.4 Å². The minimum absolute atomic E-state index is 0.0653. The van der Waals surface area contributed by atoms with Crippen molar-refractivity contribution in [1.82, 2.24) is 10.2 Å². The summed E-state index contributed by atoms with van der Waals surface area (Å²) in [5, 5.41) is 6.10. The molecular weight excluding hydrogens is 413 g/mol. The predicted molar refractivity (Wildman–Crippen MR) is 121 cm³/mol. The van der Waals surface area contributed by atoms with E-state index in [-0.39, 0.29) is 29.5 Å². The van der Waals surface area contributed by atoms with Gasteiger partial charge in [0.05, 0.1) is 17.2 Å². The van der Waals surface area contributed by atoms with E-state index in [1.807, 2.05) is 6.92 Å². The van der Waals surface area contributed by atoms with Crippen molar-refractivity contribution >= 4 is 17.5 Å². The number of hydrogen-bond donors (Lipinski definition) is 2. The number of fused-ring (bicyclic) bond motifs is 1. The van der Waals surface area contributed by atoms with Gasteiger partial charge in [-0.1, -0.05) is 19.1 Å². The zero-order valence-corrected chi connectivity index (χ0v) is 18.9. The molecule has 0 unspecified atom stereocenters. The topological polar surface area (TPSA) is 79.9 Å². The lowest BCUT2D eigenvalue weighted by Gasteiger charge is -2.30. The molecule has 2 aromatic rings. The van der Waals surface area contributed by atoms with Gasteiger partial charge in [0.1, 0.15) is 18.2 Å². The molecule has 0 saturated heterocycles. The molecule has 1 aliphatic heterocycles. The number of nitrogens with one attached hydrogen (secondary N) is 2. The van der Waals surface area contributed by atoms with Crippen LogP contribution in [-0.4, -0.2) is 62.7 Å². The van der Waals surface area contributed by atoms with Crippen LogP contribution in [0.15, 0.2) is 42.5 Å². The second-order valence-electron chi connectivity index (χ2n) is 8.20. The first-order chi connectivity index (χ1) is 15.3. The number of carbonyl (C=O) groups is 2. The van der Waals surface area contributed by atoms with Gasteiger partial charge in [-0.3, -0.25) is 9.59 Å². The molecule has 8 heteroatoms. The van der Waals surface area contributed by atoms with Crippen LogP contribution in [0, 0.1) is 11.7 Å². The molecule has 0 saturated carbocycles. The Bertz CT molecular complexity index is 968. The highest BCUT2D eigenvalue weighted by molar-refractivity contribution is 6.05. The maximum Gasteiger partial charge on any atom is 0.258 e. The second kappa shape index (κ2) is 10.6. The van der Waals surface area contributed by atoms with Gasteiger partial charge in [-0.15, -0.1) is 0 Å². The van der Waals surface area contributed by atoms with E-state index in [0.29, 0.717) is 30.2 Å². The van der Waals surface area contributed by atoms with E-state index in [0.717, 1.165) is 6.54 Å². The molecule has 1 aliphatic rings. The molecule has 0 bridgehead atoms. The molecular formula is C24H30FN3O4. The van der Waals surface area contributed by atoms with Gasteiger partial charge < -0.3 is 25.0 Å². The largest absolute Gasteiger partial charge is 0.491 e. The van der Waals surface area contributed by atoms with Gasteiger partial charge >= 0.3 is 0 Å². The van der Waals surface area contributed by atoms with Crippen molar-refractivity contribution in [3.63, 3.8) is 0 Å². The number of amides is 2. The monoisotopic (exact) mass is 443 g/mol. The minimum atomic E-state index is -0.614. The number of halogens is 1. The van der Waals surface area contributed by atoms with Crippen LogP contribution in [0.3, 0.4) is 0 Å². The summed E-state index contributed by atoms with van der Waals surface area (Å²) in [6.07, 6.45) is -0.142. The average molecular weight is 444 g/mol. The van der Waals surface area contributed by atoms with E-state index in [2.05, 4.69) is 17.6 Å². The van der Waals surface area contributed by atoms with Crippen molar-refractivity contribution in [3.8, 4) is 5.75 Å². The number of anilines is 1. The van der Waals surface area contributed by atoms with Crippen LogP contribution in [0.4, 0.5) is 10.1 Å². The Morgan fingerprint density at radius 3 is 2.72 bits per heavy atom. The van der Waals surface area contributed by atoms with E-state index < -0.39 is 11.7 Å². The Kier molecular flexibility index (Phi) is 7.82. The lowest BCUT2D eigenvalue weighted by Crippen LogP contribution is -2.44. The highest BCUT2D eigenvalue weighted by atomic mass is 19.1. The van der Waals surface area contributed by atoms with Crippen molar-refractivity contribution in [2.45, 2.75) is 26.0 Å². The molecule has 32 heavy (non-hydrogen) atoms. The number of rotatable bonds is 3. The third-order valence-electron chi connectivity index (χ3n) is 5.60. The molecule has 0 aliphatic carbocycles. The van der Waals surface area contributed by atoms with Crippen LogP contribution in [0.25, 0.3) is 0 Å². The molecule has 0 radical (unpaired) electrons. The van der Waals surface area contributed by atoms with E-state index in [1.165, 1.54) is 18.2 Å². The second-order valence-corrected chi connectivity index (χ2v) is 8.20. The van der Waals surface area contributed by atoms with Gasteiger partial charge in [-0.25, -0.2) is 4.39 Å². The fraction of sp³-hybridized carbons (Fsp3) is 0.417. The molecule has 3 rings (SSSR count). The number of hydrogen-bond acceptors (Lipinski definition) is 5. The molecule has 0 aromatic heterocycles. The summed E-state index contributed by atoms with van der Waals surface area (Å²) in [5.41, 5.74) is 0.614. The molecule has 7 nitrogen and oxygen atoms in total. The number of nitrogens with zero attached hydrogens (tertiary/aromatic N) is 1. The fourth-order valence-corrected chi connectivity index (χ4v) is 3.58. The van der Waals surface area contributed by atoms with Crippen LogP contribution < -0.4 is 15.4 Å². The highest BCUT2D eigenvalue weighted by Gasteiger charge is 2.26. The molecule has 0 fully saturated rings. The van der Waals surface area contributed by atoms with E-state index >= 15 is 0 Å². The summed E-state index contributed by atoms with van der Waals surface area (Å²) >= 11 is 0. The predicted octanol–water partition coefficient (Wildman–Crippen LogP) is 3.17. The van der Waals surface area contributed by atoms with Gasteiger partial charge in [-0.2, -0.15) is 0 Å². The first-order valence-electron chi connectivity index (χ1n) is 10.6. The van der Waals surface area contributed by atoms with Crippen LogP contribution >= 0.6 is 0 Å². The van der Waals surface area contributed by atoms with Crippen LogP contribution in [0.1, 0.15) is 34.6 Å². The highest BCUT2D eigenvalue weighted by Crippen LogP contribution is 2.26. The van der Waals surface area contributed by atoms with Crippen molar-refractivity contribution in [2.24, 2.45) is 5.92 Å². The third kappa shape index (κ3) is 5.63. The van der Waals surface area contributed by atoms with Gasteiger partial charge in [0.2, 0.25) is 0 Å². The Labute approximate surface area is 187 Å². The molecule has 3 atom stereocenters. The van der Waals surface area contributed by atoms with E-state index in [1.54, 1.807) is 43.3 Å². The lowest BCUT2D eigenvalue weighted by atomic mass is 10.0. The van der Waals surface area contributed by atoms with Gasteiger partial charge in [0.15, 0.2) is 0 Å². The summed E-state index contributed by atoms with van der Waals surface area (Å²) in [4.78, 5) is 27.4. The minimum Gasteiger partial charge on any atom is -0.491 e. The summed E-state index contributed by atoms with van der Waals surface area (Å²) in [6.45, 7) is 5.59. The van der Waals surface area contributed by atoms with Crippen molar-refractivity contribution < 1.29 is 23.5 Å². The average Bonchev–Trinajstić information content (AvgIpc) is 2.78. The first-order valence-corrected chi connectivity index (χ1v) is 10.6. The van der Waals surface area contributed by atoms with Crippen LogP contribution in [-0.2, 0) is 4.74 Å².